The van der Waals surface area contributed by atoms with E-state index in [1.165, 1.54) is 19.4 Å². The van der Waals surface area contributed by atoms with Crippen LogP contribution >= 0.6 is 0 Å². The van der Waals surface area contributed by atoms with Crippen LogP contribution in [0.1, 0.15) is 32.6 Å². The molecule has 0 amide bonds. The number of nitrogens with zero attached hydrogens (tertiary/aromatic N) is 3. The lowest BCUT2D eigenvalue weighted by atomic mass is 9.77. The van der Waals surface area contributed by atoms with Crippen molar-refractivity contribution in [3.05, 3.63) is 18.7 Å². The lowest BCUT2D eigenvalue weighted by molar-refractivity contribution is 0.0237. The summed E-state index contributed by atoms with van der Waals surface area (Å²) in [6.45, 7) is 6.81. The van der Waals surface area contributed by atoms with Crippen molar-refractivity contribution in [2.24, 2.45) is 5.41 Å². The monoisotopic (exact) mass is 251 g/mol. The van der Waals surface area contributed by atoms with Crippen molar-refractivity contribution in [2.75, 3.05) is 26.2 Å². The van der Waals surface area contributed by atoms with Gasteiger partial charge in [-0.05, 0) is 25.8 Å². The normalized spacial score (nSPS) is 25.4. The van der Waals surface area contributed by atoms with Crippen molar-refractivity contribution in [3.63, 3.8) is 0 Å². The maximum absolute atomic E-state index is 9.70. The number of aromatic nitrogens is 2. The maximum atomic E-state index is 9.70. The minimum Gasteiger partial charge on any atom is -0.396 e. The van der Waals surface area contributed by atoms with Crippen molar-refractivity contribution in [3.8, 4) is 0 Å². The van der Waals surface area contributed by atoms with Crippen LogP contribution in [0.15, 0.2) is 18.7 Å². The molecule has 4 nitrogen and oxygen atoms in total. The molecule has 0 spiro atoms. The van der Waals surface area contributed by atoms with E-state index < -0.39 is 0 Å². The highest BCUT2D eigenvalue weighted by Gasteiger charge is 2.33. The number of imidazole rings is 1. The number of aliphatic hydroxyl groups excluding tert-OH is 1. The molecule has 1 aliphatic heterocycles. The summed E-state index contributed by atoms with van der Waals surface area (Å²) in [6, 6.07) is 0. The fourth-order valence-corrected chi connectivity index (χ4v) is 3.12. The van der Waals surface area contributed by atoms with Gasteiger partial charge < -0.3 is 14.6 Å². The van der Waals surface area contributed by atoms with Crippen molar-refractivity contribution in [2.45, 2.75) is 39.2 Å². The molecule has 18 heavy (non-hydrogen) atoms. The number of piperidine rings is 1. The highest BCUT2D eigenvalue weighted by Crippen LogP contribution is 2.33. The van der Waals surface area contributed by atoms with Crippen LogP contribution in [0.5, 0.6) is 0 Å². The molecule has 1 aromatic heterocycles. The largest absolute Gasteiger partial charge is 0.396 e. The van der Waals surface area contributed by atoms with Gasteiger partial charge in [-0.25, -0.2) is 4.98 Å². The first-order valence-electron chi connectivity index (χ1n) is 7.07. The molecule has 0 unspecified atom stereocenters. The second-order valence-electron chi connectivity index (χ2n) is 5.59. The van der Waals surface area contributed by atoms with Crippen LogP contribution in [-0.2, 0) is 6.54 Å². The van der Waals surface area contributed by atoms with E-state index in [2.05, 4.69) is 21.4 Å². The zero-order chi connectivity index (χ0) is 12.8. The lowest BCUT2D eigenvalue weighted by Gasteiger charge is -2.42. The molecule has 1 fully saturated rings. The van der Waals surface area contributed by atoms with Gasteiger partial charge in [-0.1, -0.05) is 13.3 Å². The zero-order valence-electron chi connectivity index (χ0n) is 11.4. The van der Waals surface area contributed by atoms with Crippen molar-refractivity contribution in [1.82, 2.24) is 14.5 Å². The Bertz CT molecular complexity index is 335. The molecule has 0 saturated carbocycles. The number of rotatable bonds is 6. The summed E-state index contributed by atoms with van der Waals surface area (Å²) in [4.78, 5) is 6.56. The molecule has 1 N–H and O–H groups in total. The third-order valence-electron chi connectivity index (χ3n) is 4.09. The molecule has 102 valence electrons. The molecule has 0 aliphatic carbocycles. The van der Waals surface area contributed by atoms with Gasteiger partial charge in [0, 0.05) is 44.0 Å². The first-order chi connectivity index (χ1) is 8.78. The molecule has 2 heterocycles. The molecule has 0 radical (unpaired) electrons. The van der Waals surface area contributed by atoms with Crippen LogP contribution in [0.4, 0.5) is 0 Å². The summed E-state index contributed by atoms with van der Waals surface area (Å²) >= 11 is 0. The highest BCUT2D eigenvalue weighted by atomic mass is 16.3. The average molecular weight is 251 g/mol. The standard InChI is InChI=1S/C14H25N3O/c1-2-4-14(12-18)5-3-7-16(11-14)9-10-17-8-6-15-13-17/h6,8,13,18H,2-5,7,9-12H2,1H3/t14-/m0/s1. The molecular weight excluding hydrogens is 226 g/mol. The van der Waals surface area contributed by atoms with Crippen molar-refractivity contribution < 1.29 is 5.11 Å². The summed E-state index contributed by atoms with van der Waals surface area (Å²) in [5.41, 5.74) is 0.155. The predicted molar refractivity (Wildman–Crippen MR) is 72.3 cm³/mol. The predicted octanol–water partition coefficient (Wildman–Crippen LogP) is 1.76. The summed E-state index contributed by atoms with van der Waals surface area (Å²) in [5.74, 6) is 0. The van der Waals surface area contributed by atoms with Gasteiger partial charge in [0.1, 0.15) is 0 Å². The van der Waals surface area contributed by atoms with E-state index in [0.29, 0.717) is 6.61 Å². The molecule has 1 saturated heterocycles. The fraction of sp³-hybridized carbons (Fsp3) is 0.786. The van der Waals surface area contributed by atoms with Crippen LogP contribution < -0.4 is 0 Å². The van der Waals surface area contributed by atoms with Gasteiger partial charge in [0.2, 0.25) is 0 Å². The van der Waals surface area contributed by atoms with E-state index in [4.69, 9.17) is 0 Å². The SMILES string of the molecule is CCC[C@]1(CO)CCCN(CCn2ccnc2)C1. The first-order valence-corrected chi connectivity index (χ1v) is 7.07. The van der Waals surface area contributed by atoms with Gasteiger partial charge in [-0.2, -0.15) is 0 Å². The van der Waals surface area contributed by atoms with Crippen molar-refractivity contribution >= 4 is 0 Å². The fourth-order valence-electron chi connectivity index (χ4n) is 3.12. The quantitative estimate of drug-likeness (QED) is 0.837. The topological polar surface area (TPSA) is 41.3 Å². The Hall–Kier alpha value is -0.870. The molecule has 4 heteroatoms. The Morgan fingerprint density at radius 3 is 2.94 bits per heavy atom. The summed E-state index contributed by atoms with van der Waals surface area (Å²) in [6.07, 6.45) is 10.4. The molecule has 1 aromatic rings. The number of likely N-dealkylation sites (tertiary alicyclic amines) is 1. The van der Waals surface area contributed by atoms with Crippen LogP contribution in [0.3, 0.4) is 0 Å². The lowest BCUT2D eigenvalue weighted by Crippen LogP contribution is -2.46. The van der Waals surface area contributed by atoms with E-state index in [1.54, 1.807) is 0 Å². The Kier molecular flexibility index (Phi) is 4.78. The van der Waals surface area contributed by atoms with Crippen LogP contribution in [0.25, 0.3) is 0 Å². The Balaban J connectivity index is 1.85. The average Bonchev–Trinajstić information content (AvgIpc) is 2.90. The number of hydrogen-bond donors (Lipinski definition) is 1. The van der Waals surface area contributed by atoms with E-state index in [9.17, 15) is 5.11 Å². The minimum absolute atomic E-state index is 0.155. The van der Waals surface area contributed by atoms with Gasteiger partial charge in [-0.15, -0.1) is 0 Å². The van der Waals surface area contributed by atoms with E-state index >= 15 is 0 Å². The third-order valence-corrected chi connectivity index (χ3v) is 4.09. The second-order valence-corrected chi connectivity index (χ2v) is 5.59. The number of aliphatic hydroxyl groups is 1. The number of hydrogen-bond acceptors (Lipinski definition) is 3. The van der Waals surface area contributed by atoms with E-state index in [1.807, 2.05) is 18.7 Å². The van der Waals surface area contributed by atoms with E-state index in [-0.39, 0.29) is 5.41 Å². The van der Waals surface area contributed by atoms with E-state index in [0.717, 1.165) is 32.5 Å². The smallest absolute Gasteiger partial charge is 0.0946 e. The van der Waals surface area contributed by atoms with Gasteiger partial charge >= 0.3 is 0 Å². The maximum Gasteiger partial charge on any atom is 0.0946 e. The van der Waals surface area contributed by atoms with Gasteiger partial charge in [0.05, 0.1) is 6.33 Å². The minimum atomic E-state index is 0.155. The van der Waals surface area contributed by atoms with Crippen molar-refractivity contribution in [1.29, 1.82) is 0 Å². The first kappa shape index (κ1) is 13.6. The van der Waals surface area contributed by atoms with Gasteiger partial charge in [0.15, 0.2) is 0 Å². The Labute approximate surface area is 110 Å². The second kappa shape index (κ2) is 6.34. The molecule has 0 bridgehead atoms. The zero-order valence-corrected chi connectivity index (χ0v) is 11.4. The Morgan fingerprint density at radius 2 is 2.28 bits per heavy atom. The molecule has 1 atom stereocenters. The molecular formula is C14H25N3O. The van der Waals surface area contributed by atoms with Gasteiger partial charge in [0.25, 0.3) is 0 Å². The Morgan fingerprint density at radius 1 is 1.39 bits per heavy atom. The van der Waals surface area contributed by atoms with Crippen LogP contribution in [-0.4, -0.2) is 45.8 Å². The third kappa shape index (κ3) is 3.33. The summed E-state index contributed by atoms with van der Waals surface area (Å²) in [7, 11) is 0. The molecule has 2 rings (SSSR count). The van der Waals surface area contributed by atoms with Crippen LogP contribution in [0.2, 0.25) is 0 Å². The highest BCUT2D eigenvalue weighted by molar-refractivity contribution is 4.86. The summed E-state index contributed by atoms with van der Waals surface area (Å²) in [5, 5.41) is 9.70. The summed E-state index contributed by atoms with van der Waals surface area (Å²) < 4.78 is 2.12. The van der Waals surface area contributed by atoms with Gasteiger partial charge in [-0.3, -0.25) is 0 Å². The molecule has 0 aromatic carbocycles. The molecule has 1 aliphatic rings. The van der Waals surface area contributed by atoms with Crippen LogP contribution in [0, 0.1) is 5.41 Å².